The number of para-hydroxylation sites is 4. The number of nitrogens with zero attached hydrogens (tertiary/aromatic N) is 3. The number of aromatic nitrogens is 1. The van der Waals surface area contributed by atoms with Crippen LogP contribution in [0.1, 0.15) is 52.7 Å². The standard InChI is InChI=1S/C52H44BN3O/c1-51(2,3)33-27-29-37(30-28-33)55-44-32-34(52(4,5)6)31-41-38-22-15-23-40-46-42(54(35-17-9-7-10-18-35)36-19-11-8-12-20-36)24-16-25-43(46)56(48(38)40)53(47(41)44)50-49(55)39-21-13-14-26-45(39)57-50/h7-32H,1-6H3. The Kier molecular flexibility index (Phi) is 7.14. The van der Waals surface area contributed by atoms with E-state index in [1.807, 2.05) is 0 Å². The normalized spacial score (nSPS) is 13.4. The van der Waals surface area contributed by atoms with E-state index in [1.165, 1.54) is 55.2 Å². The van der Waals surface area contributed by atoms with Gasteiger partial charge in [-0.1, -0.05) is 133 Å². The summed E-state index contributed by atoms with van der Waals surface area (Å²) in [5.74, 6) is 0. The largest absolute Gasteiger partial charge is 0.466 e. The predicted molar refractivity (Wildman–Crippen MR) is 242 cm³/mol. The third-order valence-electron chi connectivity index (χ3n) is 12.2. The van der Waals surface area contributed by atoms with Crippen LogP contribution in [0.5, 0.6) is 0 Å². The molecule has 0 bridgehead atoms. The van der Waals surface area contributed by atoms with Gasteiger partial charge in [0.2, 0.25) is 0 Å². The van der Waals surface area contributed by atoms with Crippen LogP contribution < -0.4 is 20.9 Å². The summed E-state index contributed by atoms with van der Waals surface area (Å²) in [5, 5.41) is 3.58. The fraction of sp³-hybridized carbons (Fsp3) is 0.154. The molecule has 0 radical (unpaired) electrons. The highest BCUT2D eigenvalue weighted by Gasteiger charge is 2.47. The molecule has 4 nitrogen and oxygen atoms in total. The van der Waals surface area contributed by atoms with E-state index >= 15 is 0 Å². The first-order chi connectivity index (χ1) is 27.6. The smallest absolute Gasteiger partial charge is 0.375 e. The summed E-state index contributed by atoms with van der Waals surface area (Å²) in [6, 6.07) is 57.9. The molecule has 4 heterocycles. The highest BCUT2D eigenvalue weighted by molar-refractivity contribution is 6.89. The summed E-state index contributed by atoms with van der Waals surface area (Å²) in [6.45, 7) is 13.6. The minimum atomic E-state index is -0.191. The molecule has 11 rings (SSSR count). The molecule has 0 aliphatic carbocycles. The molecule has 0 saturated heterocycles. The summed E-state index contributed by atoms with van der Waals surface area (Å²) < 4.78 is 9.77. The van der Waals surface area contributed by atoms with E-state index in [0.717, 1.165) is 45.1 Å². The number of hydrogen-bond acceptors (Lipinski definition) is 3. The van der Waals surface area contributed by atoms with Crippen molar-refractivity contribution in [1.29, 1.82) is 0 Å². The van der Waals surface area contributed by atoms with E-state index in [2.05, 4.69) is 214 Å². The van der Waals surface area contributed by atoms with Gasteiger partial charge in [0.1, 0.15) is 11.2 Å². The predicted octanol–water partition coefficient (Wildman–Crippen LogP) is 13.0. The first-order valence-corrected chi connectivity index (χ1v) is 20.1. The molecule has 276 valence electrons. The lowest BCUT2D eigenvalue weighted by Crippen LogP contribution is -2.56. The number of benzene rings is 7. The summed E-state index contributed by atoms with van der Waals surface area (Å²) in [6.07, 6.45) is 0. The molecule has 2 aromatic heterocycles. The molecule has 0 atom stereocenters. The van der Waals surface area contributed by atoms with Crippen LogP contribution in [0.25, 0.3) is 43.9 Å². The molecule has 2 aliphatic rings. The van der Waals surface area contributed by atoms with Crippen LogP contribution in [0.3, 0.4) is 0 Å². The molecule has 0 fully saturated rings. The Balaban J connectivity index is 1.27. The van der Waals surface area contributed by atoms with Gasteiger partial charge >= 0.3 is 6.85 Å². The Bertz CT molecular complexity index is 3000. The third-order valence-corrected chi connectivity index (χ3v) is 12.2. The Labute approximate surface area is 334 Å². The number of fused-ring (bicyclic) bond motifs is 9. The molecule has 5 heteroatoms. The van der Waals surface area contributed by atoms with E-state index in [4.69, 9.17) is 4.42 Å². The summed E-state index contributed by atoms with van der Waals surface area (Å²) in [4.78, 5) is 4.90. The zero-order valence-corrected chi connectivity index (χ0v) is 33.3. The van der Waals surface area contributed by atoms with Crippen LogP contribution in [0.2, 0.25) is 0 Å². The topological polar surface area (TPSA) is 24.6 Å². The minimum absolute atomic E-state index is 0.0460. The first-order valence-electron chi connectivity index (χ1n) is 20.1. The zero-order valence-electron chi connectivity index (χ0n) is 33.3. The van der Waals surface area contributed by atoms with Crippen LogP contribution in [0.15, 0.2) is 162 Å². The number of rotatable bonds is 4. The van der Waals surface area contributed by atoms with E-state index in [0.29, 0.717) is 0 Å². The molecule has 9 aromatic rings. The van der Waals surface area contributed by atoms with Crippen molar-refractivity contribution in [2.24, 2.45) is 0 Å². The number of hydrogen-bond donors (Lipinski definition) is 0. The highest BCUT2D eigenvalue weighted by Crippen LogP contribution is 2.51. The first kappa shape index (κ1) is 33.8. The molecule has 7 aromatic carbocycles. The van der Waals surface area contributed by atoms with Crippen molar-refractivity contribution in [3.05, 3.63) is 169 Å². The van der Waals surface area contributed by atoms with Gasteiger partial charge in [0.05, 0.1) is 11.4 Å². The SMILES string of the molecule is CC(C)(C)c1ccc(N2c3cc(C(C)(C)C)cc4c3B(c3oc5ccccc5c32)n2c3cccc(N(c5ccccc5)c5ccccc5)c3c3cccc-4c32)cc1. The van der Waals surface area contributed by atoms with E-state index < -0.39 is 0 Å². The fourth-order valence-corrected chi connectivity index (χ4v) is 9.49. The second kappa shape index (κ2) is 12.0. The van der Waals surface area contributed by atoms with E-state index in [1.54, 1.807) is 0 Å². The van der Waals surface area contributed by atoms with Crippen LogP contribution in [0.4, 0.5) is 34.1 Å². The summed E-state index contributed by atoms with van der Waals surface area (Å²) in [5.41, 5.74) is 17.5. The highest BCUT2D eigenvalue weighted by atomic mass is 16.3. The molecule has 0 N–H and O–H groups in total. The van der Waals surface area contributed by atoms with E-state index in [-0.39, 0.29) is 17.7 Å². The molecule has 0 saturated carbocycles. The molecular weight excluding hydrogens is 693 g/mol. The Morgan fingerprint density at radius 1 is 0.561 bits per heavy atom. The van der Waals surface area contributed by atoms with Gasteiger partial charge in [-0.3, -0.25) is 0 Å². The number of furan rings is 1. The van der Waals surface area contributed by atoms with Crippen LogP contribution in [0, 0.1) is 0 Å². The van der Waals surface area contributed by atoms with Crippen LogP contribution in [-0.4, -0.2) is 11.3 Å². The Morgan fingerprint density at radius 2 is 1.19 bits per heavy atom. The Hall–Kier alpha value is -6.46. The molecule has 0 amide bonds. The van der Waals surface area contributed by atoms with Gasteiger partial charge in [-0.15, -0.1) is 0 Å². The van der Waals surface area contributed by atoms with Crippen molar-refractivity contribution in [3.8, 4) is 11.1 Å². The van der Waals surface area contributed by atoms with Crippen molar-refractivity contribution < 1.29 is 4.42 Å². The fourth-order valence-electron chi connectivity index (χ4n) is 9.49. The summed E-state index contributed by atoms with van der Waals surface area (Å²) in [7, 11) is 0. The monoisotopic (exact) mass is 737 g/mol. The lowest BCUT2D eigenvalue weighted by Gasteiger charge is -2.39. The lowest BCUT2D eigenvalue weighted by atomic mass is 9.47. The maximum Gasteiger partial charge on any atom is 0.375 e. The second-order valence-corrected chi connectivity index (χ2v) is 17.8. The van der Waals surface area contributed by atoms with Gasteiger partial charge in [-0.05, 0) is 99.7 Å². The number of anilines is 6. The molecule has 0 spiro atoms. The van der Waals surface area contributed by atoms with E-state index in [9.17, 15) is 0 Å². The van der Waals surface area contributed by atoms with Gasteiger partial charge < -0.3 is 18.7 Å². The van der Waals surface area contributed by atoms with Crippen molar-refractivity contribution in [2.75, 3.05) is 9.80 Å². The maximum atomic E-state index is 7.17. The summed E-state index contributed by atoms with van der Waals surface area (Å²) >= 11 is 0. The molecule has 0 unspecified atom stereocenters. The quantitative estimate of drug-likeness (QED) is 0.168. The average molecular weight is 738 g/mol. The average Bonchev–Trinajstić information content (AvgIpc) is 3.77. The maximum absolute atomic E-state index is 7.17. The molecular formula is C52H44BN3O. The van der Waals surface area contributed by atoms with Gasteiger partial charge in [0.15, 0.2) is 0 Å². The van der Waals surface area contributed by atoms with Crippen molar-refractivity contribution >= 4 is 84.9 Å². The molecule has 57 heavy (non-hydrogen) atoms. The third kappa shape index (κ3) is 4.94. The van der Waals surface area contributed by atoms with Gasteiger partial charge in [-0.25, -0.2) is 0 Å². The van der Waals surface area contributed by atoms with Crippen molar-refractivity contribution in [2.45, 2.75) is 52.4 Å². The second-order valence-electron chi connectivity index (χ2n) is 17.8. The van der Waals surface area contributed by atoms with Crippen molar-refractivity contribution in [1.82, 2.24) is 4.48 Å². The van der Waals surface area contributed by atoms with Gasteiger partial charge in [0, 0.05) is 55.5 Å². The van der Waals surface area contributed by atoms with Crippen LogP contribution >= 0.6 is 0 Å². The van der Waals surface area contributed by atoms with Gasteiger partial charge in [-0.2, -0.15) is 0 Å². The van der Waals surface area contributed by atoms with Gasteiger partial charge in [0.25, 0.3) is 0 Å². The minimum Gasteiger partial charge on any atom is -0.466 e. The zero-order chi connectivity index (χ0) is 38.8. The van der Waals surface area contributed by atoms with Crippen LogP contribution in [-0.2, 0) is 10.8 Å². The molecule has 2 aliphatic heterocycles. The Morgan fingerprint density at radius 3 is 1.88 bits per heavy atom. The van der Waals surface area contributed by atoms with Crippen molar-refractivity contribution in [3.63, 3.8) is 0 Å². The lowest BCUT2D eigenvalue weighted by molar-refractivity contribution is 0.590.